The Morgan fingerprint density at radius 2 is 1.52 bits per heavy atom. The maximum atomic E-state index is 13.3. The summed E-state index contributed by atoms with van der Waals surface area (Å²) in [4.78, 5) is 52.2. The summed E-state index contributed by atoms with van der Waals surface area (Å²) in [5, 5.41) is 8.50. The first-order valence-electron chi connectivity index (χ1n) is 10.3. The molecule has 0 bridgehead atoms. The van der Waals surface area contributed by atoms with Crippen LogP contribution in [0.15, 0.2) is 0 Å². The summed E-state index contributed by atoms with van der Waals surface area (Å²) in [5.74, 6) is -1.42. The number of Topliss-reactive ketones (excluding diaryl/α,β-unsaturated/α-hetero) is 1. The first-order valence-corrected chi connectivity index (χ1v) is 10.3. The predicted octanol–water partition coefficient (Wildman–Crippen LogP) is 1.10. The number of carbonyl (C=O) groups is 4. The van der Waals surface area contributed by atoms with Crippen molar-refractivity contribution in [3.05, 3.63) is 0 Å². The van der Waals surface area contributed by atoms with Crippen molar-refractivity contribution in [1.29, 1.82) is 0 Å². The van der Waals surface area contributed by atoms with Gasteiger partial charge in [0, 0.05) is 37.9 Å². The van der Waals surface area contributed by atoms with Crippen LogP contribution in [0.3, 0.4) is 0 Å². The molecule has 0 aliphatic carbocycles. The minimum Gasteiger partial charge on any atom is -0.353 e. The smallest absolute Gasteiger partial charge is 0.248 e. The van der Waals surface area contributed by atoms with Crippen LogP contribution in [-0.4, -0.2) is 67.2 Å². The van der Waals surface area contributed by atoms with Crippen molar-refractivity contribution in [2.24, 2.45) is 11.3 Å². The van der Waals surface area contributed by atoms with Gasteiger partial charge in [-0.1, -0.05) is 41.5 Å². The molecule has 8 nitrogen and oxygen atoms in total. The van der Waals surface area contributed by atoms with Crippen LogP contribution in [0.4, 0.5) is 0 Å². The molecule has 0 rings (SSSR count). The highest BCUT2D eigenvalue weighted by Crippen LogP contribution is 2.22. The van der Waals surface area contributed by atoms with E-state index < -0.39 is 22.9 Å². The van der Waals surface area contributed by atoms with Gasteiger partial charge in [-0.2, -0.15) is 0 Å². The maximum absolute atomic E-state index is 13.3. The fraction of sp³-hybridized carbons (Fsp3) is 0.810. The van der Waals surface area contributed by atoms with Crippen LogP contribution < -0.4 is 16.0 Å². The Morgan fingerprint density at radius 3 is 1.93 bits per heavy atom. The van der Waals surface area contributed by atoms with Crippen molar-refractivity contribution in [2.75, 3.05) is 27.2 Å². The largest absolute Gasteiger partial charge is 0.353 e. The van der Waals surface area contributed by atoms with Gasteiger partial charge in [0.15, 0.2) is 0 Å². The highest BCUT2D eigenvalue weighted by Gasteiger charge is 2.41. The molecule has 0 aromatic carbocycles. The summed E-state index contributed by atoms with van der Waals surface area (Å²) in [6.45, 7) is 13.2. The van der Waals surface area contributed by atoms with Gasteiger partial charge in [-0.25, -0.2) is 0 Å². The fourth-order valence-electron chi connectivity index (χ4n) is 2.56. The van der Waals surface area contributed by atoms with Crippen LogP contribution in [0, 0.1) is 11.3 Å². The summed E-state index contributed by atoms with van der Waals surface area (Å²) in [5.41, 5.74) is -1.79. The Balaban J connectivity index is 5.70. The second-order valence-corrected chi connectivity index (χ2v) is 9.03. The van der Waals surface area contributed by atoms with Crippen LogP contribution in [0.25, 0.3) is 0 Å². The molecule has 0 radical (unpaired) electrons. The van der Waals surface area contributed by atoms with Crippen molar-refractivity contribution < 1.29 is 19.2 Å². The number of amides is 3. The Hall–Kier alpha value is -1.96. The van der Waals surface area contributed by atoms with Crippen molar-refractivity contribution in [2.45, 2.75) is 72.9 Å². The van der Waals surface area contributed by atoms with Gasteiger partial charge in [0.25, 0.3) is 0 Å². The highest BCUT2D eigenvalue weighted by molar-refractivity contribution is 5.97. The van der Waals surface area contributed by atoms with Crippen LogP contribution in [0.2, 0.25) is 0 Å². The minimum atomic E-state index is -1.16. The van der Waals surface area contributed by atoms with E-state index in [9.17, 15) is 19.2 Å². The van der Waals surface area contributed by atoms with E-state index in [0.29, 0.717) is 19.5 Å². The number of ketones is 1. The molecule has 3 amide bonds. The lowest BCUT2D eigenvalue weighted by Crippen LogP contribution is -2.61. The molecule has 0 aliphatic rings. The van der Waals surface area contributed by atoms with Crippen LogP contribution >= 0.6 is 0 Å². The van der Waals surface area contributed by atoms with Gasteiger partial charge in [0.2, 0.25) is 17.7 Å². The van der Waals surface area contributed by atoms with Gasteiger partial charge in [0.1, 0.15) is 17.4 Å². The zero-order chi connectivity index (χ0) is 23.0. The van der Waals surface area contributed by atoms with E-state index >= 15 is 0 Å². The zero-order valence-electron chi connectivity index (χ0n) is 19.6. The molecule has 0 saturated carbocycles. The Labute approximate surface area is 175 Å². The molecule has 2 atom stereocenters. The molecule has 0 aromatic rings. The van der Waals surface area contributed by atoms with E-state index in [1.165, 1.54) is 11.9 Å². The number of likely N-dealkylation sites (N-methyl/N-ethyl adjacent to an activating group) is 2. The molecule has 29 heavy (non-hydrogen) atoms. The van der Waals surface area contributed by atoms with E-state index in [0.717, 1.165) is 0 Å². The summed E-state index contributed by atoms with van der Waals surface area (Å²) in [6, 6.07) is -0.951. The van der Waals surface area contributed by atoms with Gasteiger partial charge in [-0.15, -0.1) is 0 Å². The van der Waals surface area contributed by atoms with Crippen molar-refractivity contribution >= 4 is 23.5 Å². The lowest BCUT2D eigenvalue weighted by Gasteiger charge is -2.37. The second-order valence-electron chi connectivity index (χ2n) is 9.03. The van der Waals surface area contributed by atoms with Crippen molar-refractivity contribution in [3.8, 4) is 0 Å². The van der Waals surface area contributed by atoms with E-state index in [1.807, 2.05) is 0 Å². The molecule has 2 unspecified atom stereocenters. The molecular weight excluding hydrogens is 372 g/mol. The first-order chi connectivity index (χ1) is 13.2. The van der Waals surface area contributed by atoms with E-state index in [1.54, 1.807) is 55.5 Å². The van der Waals surface area contributed by atoms with Gasteiger partial charge < -0.3 is 20.9 Å². The first kappa shape index (κ1) is 27.0. The third kappa shape index (κ3) is 8.12. The Morgan fingerprint density at radius 1 is 0.966 bits per heavy atom. The number of nitrogens with one attached hydrogen (secondary N) is 3. The molecule has 0 heterocycles. The molecule has 0 spiro atoms. The summed E-state index contributed by atoms with van der Waals surface area (Å²) < 4.78 is 0. The number of hydrogen-bond acceptors (Lipinski definition) is 5. The molecule has 0 aromatic heterocycles. The van der Waals surface area contributed by atoms with Crippen molar-refractivity contribution in [3.63, 3.8) is 0 Å². The number of rotatable bonds is 11. The normalized spacial score (nSPS) is 14.7. The Kier molecular flexibility index (Phi) is 10.5. The standard InChI is InChI=1S/C21H40N4O4/c1-10-21(7,24-17(27)14(2)3)19(29)25(9)15(13-16(26)20(4,5)6)18(28)23-12-11-22-8/h14-15,22H,10-13H2,1-9H3,(H,23,28)(H,24,27). The summed E-state index contributed by atoms with van der Waals surface area (Å²) in [7, 11) is 3.28. The van der Waals surface area contributed by atoms with Gasteiger partial charge >= 0.3 is 0 Å². The topological polar surface area (TPSA) is 108 Å². The monoisotopic (exact) mass is 412 g/mol. The number of nitrogens with zero attached hydrogens (tertiary/aromatic N) is 1. The SMILES string of the molecule is CCC(C)(NC(=O)C(C)C)C(=O)N(C)C(CC(=O)C(C)(C)C)C(=O)NCCNC. The van der Waals surface area contributed by atoms with Crippen LogP contribution in [0.1, 0.15) is 61.3 Å². The third-order valence-corrected chi connectivity index (χ3v) is 5.08. The van der Waals surface area contributed by atoms with Crippen LogP contribution in [-0.2, 0) is 19.2 Å². The third-order valence-electron chi connectivity index (χ3n) is 5.08. The Bertz CT molecular complexity index is 598. The quantitative estimate of drug-likeness (QED) is 0.441. The maximum Gasteiger partial charge on any atom is 0.248 e. The molecule has 8 heteroatoms. The lowest BCUT2D eigenvalue weighted by atomic mass is 9.86. The molecule has 168 valence electrons. The molecule has 0 saturated heterocycles. The molecule has 0 aliphatic heterocycles. The average molecular weight is 413 g/mol. The molecule has 3 N–H and O–H groups in total. The van der Waals surface area contributed by atoms with E-state index in [2.05, 4.69) is 16.0 Å². The zero-order valence-corrected chi connectivity index (χ0v) is 19.6. The lowest BCUT2D eigenvalue weighted by molar-refractivity contribution is -0.147. The highest BCUT2D eigenvalue weighted by atomic mass is 16.2. The second kappa shape index (κ2) is 11.3. The number of hydrogen-bond donors (Lipinski definition) is 3. The average Bonchev–Trinajstić information content (AvgIpc) is 2.63. The fourth-order valence-corrected chi connectivity index (χ4v) is 2.56. The van der Waals surface area contributed by atoms with Crippen LogP contribution in [0.5, 0.6) is 0 Å². The summed E-state index contributed by atoms with van der Waals surface area (Å²) in [6.07, 6.45) is 0.269. The van der Waals surface area contributed by atoms with Gasteiger partial charge in [0.05, 0.1) is 0 Å². The number of carbonyl (C=O) groups excluding carboxylic acids is 4. The van der Waals surface area contributed by atoms with E-state index in [4.69, 9.17) is 0 Å². The molecular formula is C21H40N4O4. The predicted molar refractivity (Wildman–Crippen MR) is 114 cm³/mol. The van der Waals surface area contributed by atoms with Gasteiger partial charge in [-0.05, 0) is 20.4 Å². The van der Waals surface area contributed by atoms with Gasteiger partial charge in [-0.3, -0.25) is 19.2 Å². The van der Waals surface area contributed by atoms with Crippen molar-refractivity contribution in [1.82, 2.24) is 20.9 Å². The minimum absolute atomic E-state index is 0.0882. The molecule has 0 fully saturated rings. The summed E-state index contributed by atoms with van der Waals surface area (Å²) >= 11 is 0. The van der Waals surface area contributed by atoms with E-state index in [-0.39, 0.29) is 29.9 Å².